The smallest absolute Gasteiger partial charge is 0.497 e. The van der Waals surface area contributed by atoms with E-state index in [0.29, 0.717) is 11.3 Å². The molecule has 1 atom stereocenters. The average molecular weight is 481 g/mol. The van der Waals surface area contributed by atoms with Crippen LogP contribution in [0.3, 0.4) is 0 Å². The third-order valence-electron chi connectivity index (χ3n) is 4.54. The summed E-state index contributed by atoms with van der Waals surface area (Å²) in [6, 6.07) is 9.38. The van der Waals surface area contributed by atoms with Gasteiger partial charge in [-0.2, -0.15) is 0 Å². The van der Waals surface area contributed by atoms with Gasteiger partial charge in [-0.1, -0.05) is 18.2 Å². The van der Waals surface area contributed by atoms with E-state index in [-0.39, 0.29) is 23.7 Å². The van der Waals surface area contributed by atoms with Crippen molar-refractivity contribution in [3.05, 3.63) is 76.0 Å². The number of carbonyl (C=O) groups is 1. The Morgan fingerprint density at radius 1 is 1.15 bits per heavy atom. The summed E-state index contributed by atoms with van der Waals surface area (Å²) in [4.78, 5) is 31.7. The number of halogens is 4. The lowest BCUT2D eigenvalue weighted by Gasteiger charge is -2.19. The number of amides is 1. The minimum absolute atomic E-state index is 0.111. The molecule has 12 heteroatoms. The van der Waals surface area contributed by atoms with Gasteiger partial charge < -0.3 is 24.5 Å². The molecule has 2 aromatic carbocycles. The molecule has 0 bridgehead atoms. The quantitative estimate of drug-likeness (QED) is 0.477. The highest BCUT2D eigenvalue weighted by molar-refractivity contribution is 5.92. The number of rotatable bonds is 8. The van der Waals surface area contributed by atoms with Gasteiger partial charge in [-0.25, -0.2) is 9.37 Å². The van der Waals surface area contributed by atoms with Crippen molar-refractivity contribution in [2.75, 3.05) is 20.8 Å². The fourth-order valence-corrected chi connectivity index (χ4v) is 3.04. The van der Waals surface area contributed by atoms with Crippen LogP contribution in [-0.4, -0.2) is 43.1 Å². The number of nitrogens with one attached hydrogen (secondary N) is 2. The number of alkyl halides is 3. The van der Waals surface area contributed by atoms with E-state index < -0.39 is 35.4 Å². The number of hydrogen-bond acceptors (Lipinski definition) is 6. The molecule has 0 radical (unpaired) electrons. The zero-order valence-corrected chi connectivity index (χ0v) is 17.9. The third kappa shape index (κ3) is 6.32. The fourth-order valence-electron chi connectivity index (χ4n) is 3.04. The van der Waals surface area contributed by atoms with Crippen molar-refractivity contribution < 1.29 is 36.6 Å². The van der Waals surface area contributed by atoms with Gasteiger partial charge in [0.1, 0.15) is 17.3 Å². The number of aromatic nitrogens is 2. The molecule has 0 saturated carbocycles. The van der Waals surface area contributed by atoms with Crippen LogP contribution in [0.5, 0.6) is 11.5 Å². The van der Waals surface area contributed by atoms with Gasteiger partial charge in [-0.15, -0.1) is 13.2 Å². The summed E-state index contributed by atoms with van der Waals surface area (Å²) in [5.74, 6) is -2.46. The van der Waals surface area contributed by atoms with Crippen molar-refractivity contribution in [2.24, 2.45) is 0 Å². The van der Waals surface area contributed by atoms with Crippen molar-refractivity contribution >= 4 is 5.91 Å². The number of methoxy groups -OCH3 is 2. The second-order valence-electron chi connectivity index (χ2n) is 6.93. The van der Waals surface area contributed by atoms with E-state index in [9.17, 15) is 27.2 Å². The summed E-state index contributed by atoms with van der Waals surface area (Å²) in [5.41, 5.74) is -0.233. The second-order valence-corrected chi connectivity index (χ2v) is 6.93. The highest BCUT2D eigenvalue weighted by Crippen LogP contribution is 2.28. The summed E-state index contributed by atoms with van der Waals surface area (Å²) in [6.45, 7) is -0.142. The molecule has 3 aromatic rings. The van der Waals surface area contributed by atoms with E-state index in [0.717, 1.165) is 24.3 Å². The number of H-pyrrole nitrogens is 1. The van der Waals surface area contributed by atoms with Crippen LogP contribution in [0.25, 0.3) is 11.4 Å². The lowest BCUT2D eigenvalue weighted by atomic mass is 10.1. The first-order valence-electron chi connectivity index (χ1n) is 9.70. The maximum atomic E-state index is 14.2. The van der Waals surface area contributed by atoms with Crippen molar-refractivity contribution in [1.82, 2.24) is 15.3 Å². The summed E-state index contributed by atoms with van der Waals surface area (Å²) in [6.07, 6.45) is -5.06. The summed E-state index contributed by atoms with van der Waals surface area (Å²) >= 11 is 0. The normalized spacial score (nSPS) is 12.2. The van der Waals surface area contributed by atoms with E-state index >= 15 is 0 Å². The molecule has 0 fully saturated rings. The molecule has 1 aromatic heterocycles. The Morgan fingerprint density at radius 3 is 2.56 bits per heavy atom. The monoisotopic (exact) mass is 481 g/mol. The molecule has 0 aliphatic carbocycles. The second kappa shape index (κ2) is 10.3. The van der Waals surface area contributed by atoms with Crippen molar-refractivity contribution in [3.63, 3.8) is 0 Å². The summed E-state index contributed by atoms with van der Waals surface area (Å²) < 4.78 is 65.1. The molecule has 0 aliphatic heterocycles. The molecule has 0 unspecified atom stereocenters. The highest BCUT2D eigenvalue weighted by Gasteiger charge is 2.32. The Labute approximate surface area is 190 Å². The van der Waals surface area contributed by atoms with Crippen molar-refractivity contribution in [2.45, 2.75) is 12.4 Å². The molecule has 0 aliphatic rings. The first-order chi connectivity index (χ1) is 16.1. The van der Waals surface area contributed by atoms with Gasteiger partial charge >= 0.3 is 6.36 Å². The van der Waals surface area contributed by atoms with Crippen LogP contribution in [0.15, 0.2) is 53.3 Å². The molecular formula is C22H19F4N3O5. The molecule has 0 spiro atoms. The van der Waals surface area contributed by atoms with Gasteiger partial charge in [-0.3, -0.25) is 9.59 Å². The highest BCUT2D eigenvalue weighted by atomic mass is 19.4. The lowest BCUT2D eigenvalue weighted by Crippen LogP contribution is -2.33. The van der Waals surface area contributed by atoms with Gasteiger partial charge in [-0.05, 0) is 29.8 Å². The van der Waals surface area contributed by atoms with Crippen LogP contribution < -0.4 is 20.3 Å². The summed E-state index contributed by atoms with van der Waals surface area (Å²) in [7, 11) is 2.79. The maximum absolute atomic E-state index is 14.2. The minimum atomic E-state index is -5.06. The van der Waals surface area contributed by atoms with Gasteiger partial charge in [0.25, 0.3) is 11.5 Å². The molecule has 8 nitrogen and oxygen atoms in total. The molecule has 0 saturated heterocycles. The first-order valence-corrected chi connectivity index (χ1v) is 9.70. The van der Waals surface area contributed by atoms with Crippen LogP contribution in [0.2, 0.25) is 0 Å². The number of nitrogens with zero attached hydrogens (tertiary/aromatic N) is 1. The number of hydrogen-bond donors (Lipinski definition) is 2. The van der Waals surface area contributed by atoms with Gasteiger partial charge in [0.2, 0.25) is 0 Å². The average Bonchev–Trinajstić information content (AvgIpc) is 2.79. The number of carbonyl (C=O) groups excluding carboxylic acids is 1. The summed E-state index contributed by atoms with van der Waals surface area (Å²) in [5, 5.41) is 2.54. The van der Waals surface area contributed by atoms with Gasteiger partial charge in [0.15, 0.2) is 11.6 Å². The van der Waals surface area contributed by atoms with Crippen LogP contribution in [0, 0.1) is 5.82 Å². The molecular weight excluding hydrogens is 462 g/mol. The van der Waals surface area contributed by atoms with E-state index in [1.807, 2.05) is 0 Å². The topological polar surface area (TPSA) is 103 Å². The van der Waals surface area contributed by atoms with E-state index in [4.69, 9.17) is 9.47 Å². The Morgan fingerprint density at radius 2 is 1.91 bits per heavy atom. The molecule has 3 rings (SSSR count). The molecule has 180 valence electrons. The standard InChI is InChI=1S/C22H19F4N3O5/c1-32-11-17(12-6-7-18(15(23)9-12)34-22(24,25)26)28-21(31)16-10-19(30)29-20(27-16)13-4-3-5-14(8-13)33-2/h3-10,17H,11H2,1-2H3,(H,28,31)(H,27,29,30)/t17-/m1/s1. The maximum Gasteiger partial charge on any atom is 0.573 e. The third-order valence-corrected chi connectivity index (χ3v) is 4.54. The Kier molecular flexibility index (Phi) is 7.51. The molecule has 34 heavy (non-hydrogen) atoms. The molecule has 1 amide bonds. The molecule has 1 heterocycles. The van der Waals surface area contributed by atoms with E-state index in [2.05, 4.69) is 20.0 Å². The predicted octanol–water partition coefficient (Wildman–Crippen LogP) is 3.60. The Bertz CT molecular complexity index is 1230. The van der Waals surface area contributed by atoms with E-state index in [1.54, 1.807) is 24.3 Å². The van der Waals surface area contributed by atoms with Gasteiger partial charge in [0, 0.05) is 18.7 Å². The Balaban J connectivity index is 1.87. The fraction of sp³-hybridized carbons (Fsp3) is 0.227. The largest absolute Gasteiger partial charge is 0.573 e. The SMILES string of the molecule is COC[C@@H](NC(=O)c1cc(=O)[nH]c(-c2cccc(OC)c2)n1)c1ccc(OC(F)(F)F)c(F)c1. The minimum Gasteiger partial charge on any atom is -0.497 e. The predicted molar refractivity (Wildman–Crippen MR) is 112 cm³/mol. The van der Waals surface area contributed by atoms with Crippen molar-refractivity contribution in [3.8, 4) is 22.9 Å². The van der Waals surface area contributed by atoms with Gasteiger partial charge in [0.05, 0.1) is 19.8 Å². The van der Waals surface area contributed by atoms with E-state index in [1.165, 1.54) is 14.2 Å². The van der Waals surface area contributed by atoms with Crippen LogP contribution in [-0.2, 0) is 4.74 Å². The zero-order valence-electron chi connectivity index (χ0n) is 17.9. The molecule has 2 N–H and O–H groups in total. The van der Waals surface area contributed by atoms with Crippen molar-refractivity contribution in [1.29, 1.82) is 0 Å². The zero-order chi connectivity index (χ0) is 24.9. The van der Waals surface area contributed by atoms with Crippen LogP contribution in [0.4, 0.5) is 17.6 Å². The Hall–Kier alpha value is -3.93. The number of ether oxygens (including phenoxy) is 3. The number of aromatic amines is 1. The first kappa shape index (κ1) is 24.7. The lowest BCUT2D eigenvalue weighted by molar-refractivity contribution is -0.275. The van der Waals surface area contributed by atoms with Crippen LogP contribution >= 0.6 is 0 Å². The van der Waals surface area contributed by atoms with Crippen LogP contribution in [0.1, 0.15) is 22.1 Å². The number of benzene rings is 2.